The maximum absolute atomic E-state index is 12.7. The molecule has 0 amide bonds. The van der Waals surface area contributed by atoms with Crippen LogP contribution in [-0.4, -0.2) is 33.3 Å². The molecule has 0 saturated carbocycles. The summed E-state index contributed by atoms with van der Waals surface area (Å²) < 4.78 is 24.6. The number of aromatic hydroxyl groups is 1. The molecule has 150 valence electrons. The fourth-order valence-corrected chi connectivity index (χ4v) is 4.23. The number of benzene rings is 2. The number of fused-ring (bicyclic) bond motifs is 1. The number of rotatable bonds is 2. The minimum absolute atomic E-state index is 0.126. The molecule has 6 nitrogen and oxygen atoms in total. The van der Waals surface area contributed by atoms with Gasteiger partial charge in [0.05, 0.1) is 9.64 Å². The highest BCUT2D eigenvalue weighted by Gasteiger charge is 2.31. The largest absolute Gasteiger partial charge is 0.505 e. The summed E-state index contributed by atoms with van der Waals surface area (Å²) in [7, 11) is -3.49. The molecule has 0 aliphatic carbocycles. The standard InChI is InChI=1S/C21H27N3O3S/c1-13-10-15(20(2,3)4)19(25)18(11-13)24-22-16-9-8-14(12-17(16)23-24)28(26,27)21(5,6)7/h8-12,25H,1-7H3. The average Bonchev–Trinajstić information content (AvgIpc) is 2.97. The van der Waals surface area contributed by atoms with Gasteiger partial charge in [0.1, 0.15) is 22.5 Å². The third-order valence-electron chi connectivity index (χ3n) is 4.73. The second-order valence-corrected chi connectivity index (χ2v) is 11.9. The van der Waals surface area contributed by atoms with Gasteiger partial charge in [-0.05, 0) is 62.9 Å². The van der Waals surface area contributed by atoms with E-state index in [2.05, 4.69) is 10.2 Å². The van der Waals surface area contributed by atoms with Crippen LogP contribution in [0.15, 0.2) is 35.2 Å². The Morgan fingerprint density at radius 1 is 0.929 bits per heavy atom. The van der Waals surface area contributed by atoms with Crippen molar-refractivity contribution < 1.29 is 13.5 Å². The van der Waals surface area contributed by atoms with E-state index >= 15 is 0 Å². The lowest BCUT2D eigenvalue weighted by Gasteiger charge is -2.22. The quantitative estimate of drug-likeness (QED) is 0.692. The van der Waals surface area contributed by atoms with Crippen molar-refractivity contribution in [3.63, 3.8) is 0 Å². The van der Waals surface area contributed by atoms with E-state index in [1.165, 1.54) is 10.9 Å². The average molecular weight is 402 g/mol. The van der Waals surface area contributed by atoms with E-state index in [-0.39, 0.29) is 16.1 Å². The lowest BCUT2D eigenvalue weighted by atomic mass is 9.85. The zero-order valence-electron chi connectivity index (χ0n) is 17.4. The van der Waals surface area contributed by atoms with E-state index in [0.29, 0.717) is 16.7 Å². The highest BCUT2D eigenvalue weighted by atomic mass is 32.2. The van der Waals surface area contributed by atoms with Crippen LogP contribution in [0.3, 0.4) is 0 Å². The highest BCUT2D eigenvalue weighted by Crippen LogP contribution is 2.36. The second kappa shape index (κ2) is 6.30. The molecule has 0 aliphatic heterocycles. The fourth-order valence-electron chi connectivity index (χ4n) is 3.01. The summed E-state index contributed by atoms with van der Waals surface area (Å²) in [6.07, 6.45) is 0. The number of hydrogen-bond donors (Lipinski definition) is 1. The highest BCUT2D eigenvalue weighted by molar-refractivity contribution is 7.92. The fraction of sp³-hybridized carbons (Fsp3) is 0.429. The predicted molar refractivity (Wildman–Crippen MR) is 111 cm³/mol. The molecule has 1 N–H and O–H groups in total. The number of phenolic OH excluding ortho intramolecular Hbond substituents is 1. The smallest absolute Gasteiger partial charge is 0.183 e. The number of aromatic nitrogens is 3. The predicted octanol–water partition coefficient (Wildman–Crippen LogP) is 4.30. The minimum Gasteiger partial charge on any atom is -0.505 e. The molecule has 2 aromatic carbocycles. The summed E-state index contributed by atoms with van der Waals surface area (Å²) in [4.78, 5) is 1.58. The third kappa shape index (κ3) is 3.39. The lowest BCUT2D eigenvalue weighted by molar-refractivity contribution is 0.440. The maximum Gasteiger partial charge on any atom is 0.183 e. The number of aryl methyl sites for hydroxylation is 1. The van der Waals surface area contributed by atoms with Crippen LogP contribution in [-0.2, 0) is 15.3 Å². The first kappa shape index (κ1) is 20.3. The van der Waals surface area contributed by atoms with Gasteiger partial charge >= 0.3 is 0 Å². The van der Waals surface area contributed by atoms with Crippen molar-refractivity contribution in [1.29, 1.82) is 0 Å². The number of phenols is 1. The molecule has 0 bridgehead atoms. The molecule has 0 saturated heterocycles. The molecule has 0 radical (unpaired) electrons. The van der Waals surface area contributed by atoms with Gasteiger partial charge in [-0.3, -0.25) is 0 Å². The molecule has 0 aliphatic rings. The van der Waals surface area contributed by atoms with Gasteiger partial charge in [-0.2, -0.15) is 0 Å². The van der Waals surface area contributed by atoms with Crippen molar-refractivity contribution in [2.75, 3.05) is 0 Å². The van der Waals surface area contributed by atoms with Crippen molar-refractivity contribution in [1.82, 2.24) is 15.0 Å². The Balaban J connectivity index is 2.19. The second-order valence-electron chi connectivity index (χ2n) is 9.19. The van der Waals surface area contributed by atoms with Crippen LogP contribution >= 0.6 is 0 Å². The molecule has 1 heterocycles. The first-order valence-electron chi connectivity index (χ1n) is 9.18. The van der Waals surface area contributed by atoms with Crippen LogP contribution in [0.5, 0.6) is 5.75 Å². The van der Waals surface area contributed by atoms with Gasteiger partial charge < -0.3 is 5.11 Å². The molecule has 0 spiro atoms. The Hall–Kier alpha value is -2.41. The van der Waals surface area contributed by atoms with Gasteiger partial charge in [0, 0.05) is 5.56 Å². The summed E-state index contributed by atoms with van der Waals surface area (Å²) in [5, 5.41) is 19.7. The third-order valence-corrected chi connectivity index (χ3v) is 7.21. The van der Waals surface area contributed by atoms with E-state index in [9.17, 15) is 13.5 Å². The van der Waals surface area contributed by atoms with E-state index in [0.717, 1.165) is 11.1 Å². The summed E-state index contributed by atoms with van der Waals surface area (Å²) in [5.74, 6) is 0.126. The Morgan fingerprint density at radius 3 is 2.11 bits per heavy atom. The molecule has 0 unspecified atom stereocenters. The molecule has 1 aromatic heterocycles. The first-order chi connectivity index (χ1) is 12.7. The molecule has 28 heavy (non-hydrogen) atoms. The van der Waals surface area contributed by atoms with Gasteiger partial charge in [0.25, 0.3) is 0 Å². The van der Waals surface area contributed by atoms with Crippen LogP contribution in [0.2, 0.25) is 0 Å². The van der Waals surface area contributed by atoms with Crippen molar-refractivity contribution in [2.24, 2.45) is 0 Å². The molecule has 3 aromatic rings. The topological polar surface area (TPSA) is 85.1 Å². The number of nitrogens with zero attached hydrogens (tertiary/aromatic N) is 3. The molecule has 0 fully saturated rings. The monoisotopic (exact) mass is 401 g/mol. The minimum atomic E-state index is -3.49. The van der Waals surface area contributed by atoms with Crippen LogP contribution in [0, 0.1) is 6.92 Å². The molecule has 0 atom stereocenters. The Kier molecular flexibility index (Phi) is 4.58. The number of hydrogen-bond acceptors (Lipinski definition) is 5. The molecule has 7 heteroatoms. The van der Waals surface area contributed by atoms with Gasteiger partial charge in [0.15, 0.2) is 9.84 Å². The van der Waals surface area contributed by atoms with E-state index in [1.807, 2.05) is 39.8 Å². The van der Waals surface area contributed by atoms with Gasteiger partial charge in [-0.15, -0.1) is 15.0 Å². The molecular formula is C21H27N3O3S. The maximum atomic E-state index is 12.7. The molecular weight excluding hydrogens is 374 g/mol. The van der Waals surface area contributed by atoms with Crippen LogP contribution in [0.25, 0.3) is 16.7 Å². The van der Waals surface area contributed by atoms with Crippen LogP contribution < -0.4 is 0 Å². The SMILES string of the molecule is Cc1cc(-n2nc3ccc(S(=O)(=O)C(C)(C)C)cc3n2)c(O)c(C(C)(C)C)c1. The lowest BCUT2D eigenvalue weighted by Crippen LogP contribution is -2.27. The Bertz CT molecular complexity index is 1160. The Morgan fingerprint density at radius 2 is 1.54 bits per heavy atom. The number of sulfone groups is 1. The van der Waals surface area contributed by atoms with Crippen LogP contribution in [0.1, 0.15) is 52.7 Å². The first-order valence-corrected chi connectivity index (χ1v) is 10.7. The summed E-state index contributed by atoms with van der Waals surface area (Å²) in [6, 6.07) is 8.51. The van der Waals surface area contributed by atoms with Crippen LogP contribution in [0.4, 0.5) is 0 Å². The van der Waals surface area contributed by atoms with Gasteiger partial charge in [-0.1, -0.05) is 26.8 Å². The van der Waals surface area contributed by atoms with E-state index < -0.39 is 14.6 Å². The van der Waals surface area contributed by atoms with Crippen molar-refractivity contribution >= 4 is 20.9 Å². The van der Waals surface area contributed by atoms with Crippen molar-refractivity contribution in [3.8, 4) is 11.4 Å². The molecule has 3 rings (SSSR count). The zero-order valence-corrected chi connectivity index (χ0v) is 18.2. The van der Waals surface area contributed by atoms with Gasteiger partial charge in [-0.25, -0.2) is 8.42 Å². The van der Waals surface area contributed by atoms with Crippen molar-refractivity contribution in [2.45, 2.75) is 63.5 Å². The Labute approximate surface area is 166 Å². The summed E-state index contributed by atoms with van der Waals surface area (Å²) >= 11 is 0. The zero-order chi connectivity index (χ0) is 21.1. The van der Waals surface area contributed by atoms with E-state index in [4.69, 9.17) is 0 Å². The van der Waals surface area contributed by atoms with E-state index in [1.54, 1.807) is 32.9 Å². The van der Waals surface area contributed by atoms with Crippen molar-refractivity contribution in [3.05, 3.63) is 41.5 Å². The summed E-state index contributed by atoms with van der Waals surface area (Å²) in [5.41, 5.74) is 3.04. The normalized spacial score (nSPS) is 13.2. The van der Waals surface area contributed by atoms with Gasteiger partial charge in [0.2, 0.25) is 0 Å². The summed E-state index contributed by atoms with van der Waals surface area (Å²) in [6.45, 7) is 13.0.